The quantitative estimate of drug-likeness (QED) is 0.776. The number of carbonyl (C=O) groups excluding carboxylic acids is 1. The number of aliphatic hydroxyl groups excluding tert-OH is 1. The predicted molar refractivity (Wildman–Crippen MR) is 67.4 cm³/mol. The molecule has 0 heterocycles. The van der Waals surface area contributed by atoms with Crippen LogP contribution in [0.1, 0.15) is 54.9 Å². The Labute approximate surface area is 99.6 Å². The van der Waals surface area contributed by atoms with Gasteiger partial charge >= 0.3 is 0 Å². The molecular weight excluding hydrogens is 202 g/mol. The van der Waals surface area contributed by atoms with Crippen LogP contribution >= 0.6 is 0 Å². The van der Waals surface area contributed by atoms with Gasteiger partial charge in [0.1, 0.15) is 0 Å². The monoisotopic (exact) mass is 229 g/mol. The molecule has 3 nitrogen and oxygen atoms in total. The molecule has 0 spiro atoms. The van der Waals surface area contributed by atoms with Crippen molar-refractivity contribution >= 4 is 5.78 Å². The molecule has 3 heteroatoms. The zero-order chi connectivity index (χ0) is 13.1. The SMILES string of the molecule is CC(O)C[C@H](NC(C)(C)C)C(=O)C(C)(C)C. The minimum Gasteiger partial charge on any atom is -0.393 e. The lowest BCUT2D eigenvalue weighted by Gasteiger charge is -2.32. The van der Waals surface area contributed by atoms with Gasteiger partial charge < -0.3 is 10.4 Å². The standard InChI is InChI=1S/C13H27NO2/c1-9(15)8-10(14-13(5,6)7)11(16)12(2,3)4/h9-10,14-15H,8H2,1-7H3/t9?,10-/m0/s1. The van der Waals surface area contributed by atoms with Crippen LogP contribution in [0.4, 0.5) is 0 Å². The Morgan fingerprint density at radius 2 is 1.62 bits per heavy atom. The van der Waals surface area contributed by atoms with Gasteiger partial charge in [-0.05, 0) is 34.1 Å². The zero-order valence-corrected chi connectivity index (χ0v) is 11.7. The van der Waals surface area contributed by atoms with Gasteiger partial charge in [0.15, 0.2) is 5.78 Å². The molecule has 0 saturated carbocycles. The summed E-state index contributed by atoms with van der Waals surface area (Å²) in [5, 5.41) is 12.7. The van der Waals surface area contributed by atoms with Crippen molar-refractivity contribution in [3.8, 4) is 0 Å². The second kappa shape index (κ2) is 5.28. The van der Waals surface area contributed by atoms with Crippen molar-refractivity contribution < 1.29 is 9.90 Å². The topological polar surface area (TPSA) is 49.3 Å². The molecule has 96 valence electrons. The van der Waals surface area contributed by atoms with Gasteiger partial charge in [0.2, 0.25) is 0 Å². The van der Waals surface area contributed by atoms with Gasteiger partial charge in [0.05, 0.1) is 12.1 Å². The van der Waals surface area contributed by atoms with E-state index in [9.17, 15) is 9.90 Å². The molecule has 0 radical (unpaired) electrons. The molecule has 0 aromatic rings. The van der Waals surface area contributed by atoms with E-state index in [0.717, 1.165) is 0 Å². The van der Waals surface area contributed by atoms with Crippen LogP contribution in [0.15, 0.2) is 0 Å². The van der Waals surface area contributed by atoms with Crippen LogP contribution in [-0.4, -0.2) is 28.6 Å². The van der Waals surface area contributed by atoms with Crippen molar-refractivity contribution in [2.24, 2.45) is 5.41 Å². The first-order valence-corrected chi connectivity index (χ1v) is 5.93. The molecule has 0 amide bonds. The lowest BCUT2D eigenvalue weighted by atomic mass is 9.84. The molecule has 0 aromatic carbocycles. The third-order valence-corrected chi connectivity index (χ3v) is 2.24. The third kappa shape index (κ3) is 6.23. The highest BCUT2D eigenvalue weighted by molar-refractivity contribution is 5.88. The molecule has 0 bridgehead atoms. The molecule has 0 rings (SSSR count). The fourth-order valence-corrected chi connectivity index (χ4v) is 1.62. The highest BCUT2D eigenvalue weighted by Gasteiger charge is 2.32. The number of aliphatic hydroxyl groups is 1. The van der Waals surface area contributed by atoms with E-state index >= 15 is 0 Å². The maximum Gasteiger partial charge on any atom is 0.155 e. The Bertz CT molecular complexity index is 233. The van der Waals surface area contributed by atoms with Gasteiger partial charge in [0.25, 0.3) is 0 Å². The first-order chi connectivity index (χ1) is 6.93. The van der Waals surface area contributed by atoms with Gasteiger partial charge in [-0.2, -0.15) is 0 Å². The van der Waals surface area contributed by atoms with E-state index in [4.69, 9.17) is 0 Å². The Kier molecular flexibility index (Phi) is 5.15. The van der Waals surface area contributed by atoms with Crippen molar-refractivity contribution in [1.29, 1.82) is 0 Å². The lowest BCUT2D eigenvalue weighted by Crippen LogP contribution is -2.51. The maximum atomic E-state index is 12.2. The van der Waals surface area contributed by atoms with Crippen LogP contribution in [0, 0.1) is 5.41 Å². The van der Waals surface area contributed by atoms with Crippen molar-refractivity contribution in [1.82, 2.24) is 5.32 Å². The van der Waals surface area contributed by atoms with Crippen molar-refractivity contribution in [2.75, 3.05) is 0 Å². The highest BCUT2D eigenvalue weighted by Crippen LogP contribution is 2.20. The van der Waals surface area contributed by atoms with Gasteiger partial charge in [-0.25, -0.2) is 0 Å². The molecule has 1 unspecified atom stereocenters. The van der Waals surface area contributed by atoms with Gasteiger partial charge in [-0.1, -0.05) is 20.8 Å². The number of nitrogens with one attached hydrogen (secondary N) is 1. The Balaban J connectivity index is 4.75. The molecule has 0 aromatic heterocycles. The molecule has 0 aliphatic rings. The largest absolute Gasteiger partial charge is 0.393 e. The summed E-state index contributed by atoms with van der Waals surface area (Å²) in [6.07, 6.45) is -0.000880. The minimum absolute atomic E-state index is 0.125. The number of Topliss-reactive ketones (excluding diaryl/α,β-unsaturated/α-hetero) is 1. The summed E-state index contributed by atoms with van der Waals surface area (Å²) in [5.41, 5.74) is -0.502. The lowest BCUT2D eigenvalue weighted by molar-refractivity contribution is -0.129. The fraction of sp³-hybridized carbons (Fsp3) is 0.923. The smallest absolute Gasteiger partial charge is 0.155 e. The fourth-order valence-electron chi connectivity index (χ4n) is 1.62. The average molecular weight is 229 g/mol. The van der Waals surface area contributed by atoms with Gasteiger partial charge in [-0.3, -0.25) is 4.79 Å². The molecule has 0 saturated heterocycles. The van der Waals surface area contributed by atoms with Crippen molar-refractivity contribution in [3.05, 3.63) is 0 Å². The van der Waals surface area contributed by atoms with Crippen LogP contribution in [0.5, 0.6) is 0 Å². The van der Waals surface area contributed by atoms with Crippen LogP contribution in [0.3, 0.4) is 0 Å². The van der Waals surface area contributed by atoms with E-state index in [1.807, 2.05) is 41.5 Å². The van der Waals surface area contributed by atoms with E-state index in [-0.39, 0.29) is 22.8 Å². The summed E-state index contributed by atoms with van der Waals surface area (Å²) in [5.74, 6) is 0.156. The van der Waals surface area contributed by atoms with E-state index in [0.29, 0.717) is 6.42 Å². The molecule has 0 aliphatic carbocycles. The summed E-state index contributed by atoms with van der Waals surface area (Å²) >= 11 is 0. The maximum absolute atomic E-state index is 12.2. The molecule has 16 heavy (non-hydrogen) atoms. The van der Waals surface area contributed by atoms with Gasteiger partial charge in [0, 0.05) is 11.0 Å². The predicted octanol–water partition coefficient (Wildman–Crippen LogP) is 2.13. The average Bonchev–Trinajstić information content (AvgIpc) is 1.96. The van der Waals surface area contributed by atoms with Crippen LogP contribution in [-0.2, 0) is 4.79 Å². The highest BCUT2D eigenvalue weighted by atomic mass is 16.3. The Morgan fingerprint density at radius 3 is 1.88 bits per heavy atom. The Hall–Kier alpha value is -0.410. The molecule has 0 fully saturated rings. The normalized spacial score (nSPS) is 17.0. The number of ketones is 1. The first kappa shape index (κ1) is 15.6. The van der Waals surface area contributed by atoms with Crippen LogP contribution < -0.4 is 5.32 Å². The molecule has 2 atom stereocenters. The molecule has 0 aliphatic heterocycles. The van der Waals surface area contributed by atoms with Crippen LogP contribution in [0.2, 0.25) is 0 Å². The summed E-state index contributed by atoms with van der Waals surface area (Å²) in [6.45, 7) is 13.5. The third-order valence-electron chi connectivity index (χ3n) is 2.24. The summed E-state index contributed by atoms with van der Waals surface area (Å²) in [4.78, 5) is 12.2. The summed E-state index contributed by atoms with van der Waals surface area (Å²) < 4.78 is 0. The number of hydrogen-bond acceptors (Lipinski definition) is 3. The van der Waals surface area contributed by atoms with Gasteiger partial charge in [-0.15, -0.1) is 0 Å². The second-order valence-electron chi connectivity index (χ2n) is 6.65. The minimum atomic E-state index is -0.467. The van der Waals surface area contributed by atoms with E-state index in [2.05, 4.69) is 5.32 Å². The zero-order valence-electron chi connectivity index (χ0n) is 11.7. The Morgan fingerprint density at radius 1 is 1.19 bits per heavy atom. The van der Waals surface area contributed by atoms with E-state index in [1.165, 1.54) is 0 Å². The second-order valence-corrected chi connectivity index (χ2v) is 6.65. The molecular formula is C13H27NO2. The van der Waals surface area contributed by atoms with Crippen LogP contribution in [0.25, 0.3) is 0 Å². The molecule has 2 N–H and O–H groups in total. The first-order valence-electron chi connectivity index (χ1n) is 5.93. The van der Waals surface area contributed by atoms with E-state index in [1.54, 1.807) is 6.92 Å². The number of hydrogen-bond donors (Lipinski definition) is 2. The van der Waals surface area contributed by atoms with Crippen molar-refractivity contribution in [2.45, 2.75) is 72.6 Å². The van der Waals surface area contributed by atoms with Crippen molar-refractivity contribution in [3.63, 3.8) is 0 Å². The number of carbonyl (C=O) groups is 1. The number of rotatable bonds is 4. The summed E-state index contributed by atoms with van der Waals surface area (Å²) in [7, 11) is 0. The van der Waals surface area contributed by atoms with E-state index < -0.39 is 6.10 Å². The summed E-state index contributed by atoms with van der Waals surface area (Å²) in [6, 6.07) is -0.278.